The van der Waals surface area contributed by atoms with Gasteiger partial charge >= 0.3 is 5.97 Å². The van der Waals surface area contributed by atoms with Crippen molar-refractivity contribution >= 4 is 46.7 Å². The zero-order valence-corrected chi connectivity index (χ0v) is 18.4. The van der Waals surface area contributed by atoms with Gasteiger partial charge in [0.1, 0.15) is 22.2 Å². The fourth-order valence-corrected chi connectivity index (χ4v) is 6.52. The van der Waals surface area contributed by atoms with Crippen molar-refractivity contribution in [1.29, 1.82) is 0 Å². The number of β-lactam (4-membered cyclic amide) rings is 1. The van der Waals surface area contributed by atoms with Gasteiger partial charge in [0.05, 0.1) is 6.61 Å². The van der Waals surface area contributed by atoms with Crippen LogP contribution in [0.2, 0.25) is 0 Å². The average molecular weight is 466 g/mol. The minimum Gasteiger partial charge on any atom is -0.477 e. The van der Waals surface area contributed by atoms with Crippen molar-refractivity contribution in [1.82, 2.24) is 15.1 Å². The van der Waals surface area contributed by atoms with E-state index in [4.69, 9.17) is 4.74 Å². The fourth-order valence-electron chi connectivity index (χ4n) is 3.23. The van der Waals surface area contributed by atoms with E-state index in [0.29, 0.717) is 22.6 Å². The molecule has 0 spiro atoms. The lowest BCUT2D eigenvalue weighted by Crippen LogP contribution is -2.66. The highest BCUT2D eigenvalue weighted by atomic mass is 32.2. The topological polar surface area (TPSA) is 113 Å². The number of rotatable bonds is 8. The molecule has 0 radical (unpaired) electrons. The van der Waals surface area contributed by atoms with Gasteiger partial charge in [-0.2, -0.15) is 0 Å². The highest BCUT2D eigenvalue weighted by Crippen LogP contribution is 2.43. The van der Waals surface area contributed by atoms with E-state index in [1.165, 1.54) is 39.8 Å². The van der Waals surface area contributed by atoms with Gasteiger partial charge in [0.15, 0.2) is 10.4 Å². The van der Waals surface area contributed by atoms with Crippen LogP contribution in [0.25, 0.3) is 0 Å². The van der Waals surface area contributed by atoms with Crippen molar-refractivity contribution in [3.05, 3.63) is 52.2 Å². The van der Waals surface area contributed by atoms with Crippen molar-refractivity contribution in [2.24, 2.45) is 0 Å². The van der Waals surface area contributed by atoms with Crippen LogP contribution in [0.1, 0.15) is 16.7 Å². The van der Waals surface area contributed by atoms with Crippen molar-refractivity contribution in [2.45, 2.75) is 28.8 Å². The van der Waals surface area contributed by atoms with Crippen LogP contribution in [0.5, 0.6) is 0 Å². The molecule has 0 bridgehead atoms. The number of aromatic nitrogens is 2. The molecular weight excluding hydrogens is 446 g/mol. The summed E-state index contributed by atoms with van der Waals surface area (Å²) in [5, 5.41) is 28.4. The normalized spacial score (nSPS) is 21.9. The van der Waals surface area contributed by atoms with Crippen LogP contribution in [-0.4, -0.2) is 66.8 Å². The van der Waals surface area contributed by atoms with Gasteiger partial charge in [0.2, 0.25) is 0 Å². The first kappa shape index (κ1) is 21.3. The number of aryl methyl sites for hydroxylation is 1. The molecule has 2 N–H and O–H groups in total. The number of carbonyl (C=O) groups excluding carboxylic acids is 1. The first-order valence-corrected chi connectivity index (χ1v) is 12.0. The largest absolute Gasteiger partial charge is 0.477 e. The van der Waals surface area contributed by atoms with Crippen molar-refractivity contribution in [3.8, 4) is 0 Å². The molecule has 0 unspecified atom stereocenters. The van der Waals surface area contributed by atoms with Crippen LogP contribution in [0.15, 0.2) is 45.9 Å². The second kappa shape index (κ2) is 9.06. The summed E-state index contributed by atoms with van der Waals surface area (Å²) in [6.45, 7) is 1.83. The molecule has 1 saturated heterocycles. The molecule has 4 rings (SSSR count). The molecule has 3 atom stereocenters. The highest BCUT2D eigenvalue weighted by molar-refractivity contribution is 8.01. The Morgan fingerprint density at radius 3 is 2.80 bits per heavy atom. The maximum Gasteiger partial charge on any atom is 0.352 e. The number of aliphatic hydroxyl groups excluding tert-OH is 1. The standard InChI is InChI=1S/C19H19N3O5S3/c1-10-20-21-19(30-10)29-9-12-8-28-17-15(16(24)22(17)14(12)18(25)26)27-7-13(23)11-5-3-2-4-6-11/h2-6,13,15,17,23H,7-9H2,1H3,(H,25,26)/t13-,15+,17+/m0/s1. The maximum absolute atomic E-state index is 12.7. The molecule has 0 saturated carbocycles. The van der Waals surface area contributed by atoms with E-state index < -0.39 is 23.6 Å². The van der Waals surface area contributed by atoms with Crippen LogP contribution >= 0.6 is 34.9 Å². The minimum absolute atomic E-state index is 0.0287. The molecule has 0 aliphatic carbocycles. The van der Waals surface area contributed by atoms with E-state index in [-0.39, 0.29) is 18.2 Å². The fraction of sp³-hybridized carbons (Fsp3) is 0.368. The number of ether oxygens (including phenoxy) is 1. The monoisotopic (exact) mass is 465 g/mol. The van der Waals surface area contributed by atoms with Crippen LogP contribution in [0.4, 0.5) is 0 Å². The maximum atomic E-state index is 12.7. The van der Waals surface area contributed by atoms with Crippen LogP contribution in [-0.2, 0) is 14.3 Å². The number of thioether (sulfide) groups is 2. The Balaban J connectivity index is 1.41. The van der Waals surface area contributed by atoms with E-state index in [2.05, 4.69) is 10.2 Å². The van der Waals surface area contributed by atoms with Gasteiger partial charge in [-0.1, -0.05) is 53.4 Å². The van der Waals surface area contributed by atoms with Gasteiger partial charge in [-0.3, -0.25) is 9.69 Å². The second-order valence-corrected chi connectivity index (χ2v) is 10.2. The molecule has 1 aromatic carbocycles. The predicted octanol–water partition coefficient (Wildman–Crippen LogP) is 2.31. The van der Waals surface area contributed by atoms with Crippen molar-refractivity contribution in [2.75, 3.05) is 18.1 Å². The number of hydrogen-bond acceptors (Lipinski definition) is 9. The molecule has 158 valence electrons. The summed E-state index contributed by atoms with van der Waals surface area (Å²) in [6, 6.07) is 9.06. The van der Waals surface area contributed by atoms with Crippen LogP contribution < -0.4 is 0 Å². The lowest BCUT2D eigenvalue weighted by atomic mass is 10.1. The van der Waals surface area contributed by atoms with E-state index in [1.54, 1.807) is 12.1 Å². The number of carboxylic acid groups (broad SMARTS) is 1. The van der Waals surface area contributed by atoms with Crippen LogP contribution in [0, 0.1) is 6.92 Å². The first-order valence-electron chi connectivity index (χ1n) is 9.13. The summed E-state index contributed by atoms with van der Waals surface area (Å²) in [5.41, 5.74) is 1.41. The molecular formula is C19H19N3O5S3. The number of benzene rings is 1. The summed E-state index contributed by atoms with van der Waals surface area (Å²) < 4.78 is 6.44. The third-order valence-electron chi connectivity index (χ3n) is 4.70. The van der Waals surface area contributed by atoms with Gasteiger partial charge in [-0.25, -0.2) is 4.79 Å². The highest BCUT2D eigenvalue weighted by Gasteiger charge is 2.54. The van der Waals surface area contributed by atoms with E-state index in [9.17, 15) is 19.8 Å². The zero-order valence-electron chi connectivity index (χ0n) is 15.9. The minimum atomic E-state index is -1.12. The second-order valence-electron chi connectivity index (χ2n) is 6.72. The Kier molecular flexibility index (Phi) is 6.44. The predicted molar refractivity (Wildman–Crippen MR) is 114 cm³/mol. The summed E-state index contributed by atoms with van der Waals surface area (Å²) >= 11 is 4.34. The summed E-state index contributed by atoms with van der Waals surface area (Å²) in [7, 11) is 0. The molecule has 1 amide bonds. The Morgan fingerprint density at radius 1 is 1.37 bits per heavy atom. The molecule has 2 aliphatic heterocycles. The number of carbonyl (C=O) groups is 2. The molecule has 2 aromatic rings. The van der Waals surface area contributed by atoms with E-state index in [1.807, 2.05) is 25.1 Å². The number of aliphatic carboxylic acids is 1. The van der Waals surface area contributed by atoms with Crippen molar-refractivity contribution in [3.63, 3.8) is 0 Å². The molecule has 1 aromatic heterocycles. The summed E-state index contributed by atoms with van der Waals surface area (Å²) in [6.07, 6.45) is -1.61. The quantitative estimate of drug-likeness (QED) is 0.448. The summed E-state index contributed by atoms with van der Waals surface area (Å²) in [5.74, 6) is -0.598. The van der Waals surface area contributed by atoms with Gasteiger partial charge in [0.25, 0.3) is 5.91 Å². The number of hydrogen-bond donors (Lipinski definition) is 2. The van der Waals surface area contributed by atoms with Gasteiger partial charge in [-0.15, -0.1) is 22.0 Å². The van der Waals surface area contributed by atoms with E-state index >= 15 is 0 Å². The van der Waals surface area contributed by atoms with Gasteiger partial charge < -0.3 is 14.9 Å². The summed E-state index contributed by atoms with van der Waals surface area (Å²) in [4.78, 5) is 25.9. The number of amides is 1. The number of aliphatic hydroxyl groups is 1. The molecule has 2 aliphatic rings. The Labute approximate surface area is 185 Å². The lowest BCUT2D eigenvalue weighted by Gasteiger charge is -2.49. The Hall–Kier alpha value is -1.92. The SMILES string of the molecule is Cc1nnc(SCC2=C(C(=O)O)N3C(=O)[C@@H](OC[C@H](O)c4ccccc4)[C@H]3SC2)s1. The molecule has 3 heterocycles. The molecule has 30 heavy (non-hydrogen) atoms. The van der Waals surface area contributed by atoms with Gasteiger partial charge in [-0.05, 0) is 18.1 Å². The Morgan fingerprint density at radius 2 is 2.13 bits per heavy atom. The van der Waals surface area contributed by atoms with E-state index in [0.717, 1.165) is 9.35 Å². The molecule has 11 heteroatoms. The third-order valence-corrected chi connectivity index (χ3v) is 8.07. The third kappa shape index (κ3) is 4.26. The van der Waals surface area contributed by atoms with Crippen LogP contribution in [0.3, 0.4) is 0 Å². The van der Waals surface area contributed by atoms with Crippen molar-refractivity contribution < 1.29 is 24.5 Å². The number of carboxylic acids is 1. The lowest BCUT2D eigenvalue weighted by molar-refractivity contribution is -0.167. The molecule has 8 nitrogen and oxygen atoms in total. The Bertz CT molecular complexity index is 981. The number of fused-ring (bicyclic) bond motifs is 1. The first-order chi connectivity index (χ1) is 14.5. The zero-order chi connectivity index (χ0) is 21.3. The average Bonchev–Trinajstić information content (AvgIpc) is 3.17. The number of nitrogens with zero attached hydrogens (tertiary/aromatic N) is 3. The smallest absolute Gasteiger partial charge is 0.352 e. The van der Waals surface area contributed by atoms with Gasteiger partial charge in [0, 0.05) is 11.5 Å². The molecule has 1 fully saturated rings.